The van der Waals surface area contributed by atoms with Gasteiger partial charge in [-0.15, -0.1) is 0 Å². The van der Waals surface area contributed by atoms with Gasteiger partial charge in [-0.2, -0.15) is 0 Å². The molecule has 0 heterocycles. The van der Waals surface area contributed by atoms with E-state index in [9.17, 15) is 13.2 Å². The van der Waals surface area contributed by atoms with Gasteiger partial charge in [0, 0.05) is 5.92 Å². The molecule has 1 aliphatic carbocycles. The van der Waals surface area contributed by atoms with Gasteiger partial charge in [0.15, 0.2) is 0 Å². The highest BCUT2D eigenvalue weighted by Crippen LogP contribution is 2.38. The van der Waals surface area contributed by atoms with Crippen LogP contribution in [-0.2, 0) is 14.8 Å². The molecule has 7 heteroatoms. The van der Waals surface area contributed by atoms with Crippen molar-refractivity contribution in [1.82, 2.24) is 0 Å². The largest absolute Gasteiger partial charge is 0.324 e. The molecule has 1 aromatic carbocycles. The standard InChI is InChI=1S/C13H17ClN2O3S/c1-7-5-10(20(15,18)19)6-11(14)12(7)16-13(17)8(2)9-3-4-9/h5-6,8-9H,3-4H2,1-2H3,(H,16,17)(H2,15,18,19). The van der Waals surface area contributed by atoms with Crippen LogP contribution in [0.2, 0.25) is 5.02 Å². The maximum atomic E-state index is 12.1. The summed E-state index contributed by atoms with van der Waals surface area (Å²) in [7, 11) is -3.81. The van der Waals surface area contributed by atoms with Gasteiger partial charge in [0.2, 0.25) is 15.9 Å². The van der Waals surface area contributed by atoms with Gasteiger partial charge in [-0.3, -0.25) is 4.79 Å². The number of amides is 1. The monoisotopic (exact) mass is 316 g/mol. The van der Waals surface area contributed by atoms with Crippen LogP contribution in [0, 0.1) is 18.8 Å². The second kappa shape index (κ2) is 5.35. The van der Waals surface area contributed by atoms with E-state index in [4.69, 9.17) is 16.7 Å². The fourth-order valence-corrected chi connectivity index (χ4v) is 3.08. The van der Waals surface area contributed by atoms with Gasteiger partial charge in [-0.25, -0.2) is 13.6 Å². The number of rotatable bonds is 4. The predicted molar refractivity (Wildman–Crippen MR) is 78.1 cm³/mol. The number of aryl methyl sites for hydroxylation is 1. The number of carbonyl (C=O) groups excluding carboxylic acids is 1. The fourth-order valence-electron chi connectivity index (χ4n) is 2.08. The molecule has 1 unspecified atom stereocenters. The Hall–Kier alpha value is -1.11. The van der Waals surface area contributed by atoms with Crippen LogP contribution >= 0.6 is 11.6 Å². The Kier molecular flexibility index (Phi) is 4.09. The number of anilines is 1. The van der Waals surface area contributed by atoms with Crippen LogP contribution in [0.15, 0.2) is 17.0 Å². The lowest BCUT2D eigenvalue weighted by Gasteiger charge is -2.15. The topological polar surface area (TPSA) is 89.3 Å². The first-order valence-corrected chi connectivity index (χ1v) is 8.26. The summed E-state index contributed by atoms with van der Waals surface area (Å²) < 4.78 is 22.6. The molecule has 0 spiro atoms. The molecule has 0 bridgehead atoms. The molecule has 1 amide bonds. The van der Waals surface area contributed by atoms with Crippen LogP contribution < -0.4 is 10.5 Å². The molecule has 20 heavy (non-hydrogen) atoms. The third-order valence-electron chi connectivity index (χ3n) is 3.58. The highest BCUT2D eigenvalue weighted by Gasteiger charge is 2.33. The van der Waals surface area contributed by atoms with Crippen LogP contribution in [-0.4, -0.2) is 14.3 Å². The third-order valence-corrected chi connectivity index (χ3v) is 4.77. The van der Waals surface area contributed by atoms with E-state index in [0.29, 0.717) is 17.2 Å². The van der Waals surface area contributed by atoms with Crippen molar-refractivity contribution in [2.75, 3.05) is 5.32 Å². The van der Waals surface area contributed by atoms with Crippen molar-refractivity contribution in [1.29, 1.82) is 0 Å². The lowest BCUT2D eigenvalue weighted by molar-refractivity contribution is -0.119. The van der Waals surface area contributed by atoms with Crippen LogP contribution in [0.1, 0.15) is 25.3 Å². The van der Waals surface area contributed by atoms with Crippen molar-refractivity contribution >= 4 is 33.2 Å². The molecule has 0 radical (unpaired) electrons. The number of benzene rings is 1. The van der Waals surface area contributed by atoms with Gasteiger partial charge in [-0.1, -0.05) is 18.5 Å². The zero-order valence-corrected chi connectivity index (χ0v) is 12.9. The van der Waals surface area contributed by atoms with E-state index in [1.807, 2.05) is 6.92 Å². The van der Waals surface area contributed by atoms with E-state index in [0.717, 1.165) is 12.8 Å². The van der Waals surface area contributed by atoms with E-state index < -0.39 is 10.0 Å². The average molecular weight is 317 g/mol. The van der Waals surface area contributed by atoms with Crippen LogP contribution in [0.3, 0.4) is 0 Å². The zero-order valence-electron chi connectivity index (χ0n) is 11.3. The number of hydrogen-bond acceptors (Lipinski definition) is 3. The van der Waals surface area contributed by atoms with E-state index in [1.54, 1.807) is 6.92 Å². The molecule has 1 aliphatic rings. The average Bonchev–Trinajstić information content (AvgIpc) is 3.15. The lowest BCUT2D eigenvalue weighted by Crippen LogP contribution is -2.22. The van der Waals surface area contributed by atoms with Gasteiger partial charge >= 0.3 is 0 Å². The Balaban J connectivity index is 2.26. The first kappa shape index (κ1) is 15.3. The molecule has 1 fully saturated rings. The number of carbonyl (C=O) groups is 1. The highest BCUT2D eigenvalue weighted by atomic mass is 35.5. The molecule has 0 saturated heterocycles. The van der Waals surface area contributed by atoms with Crippen molar-refractivity contribution < 1.29 is 13.2 Å². The summed E-state index contributed by atoms with van der Waals surface area (Å²) in [6.07, 6.45) is 2.15. The van der Waals surface area contributed by atoms with Gasteiger partial charge in [0.1, 0.15) is 0 Å². The summed E-state index contributed by atoms with van der Waals surface area (Å²) in [5.41, 5.74) is 1.01. The second-order valence-corrected chi connectivity index (χ2v) is 7.23. The van der Waals surface area contributed by atoms with E-state index in [1.165, 1.54) is 12.1 Å². The number of hydrogen-bond donors (Lipinski definition) is 2. The quantitative estimate of drug-likeness (QED) is 0.893. The maximum absolute atomic E-state index is 12.1. The summed E-state index contributed by atoms with van der Waals surface area (Å²) in [5, 5.41) is 8.01. The molecule has 1 saturated carbocycles. The summed E-state index contributed by atoms with van der Waals surface area (Å²) in [6, 6.07) is 2.65. The van der Waals surface area contributed by atoms with E-state index in [2.05, 4.69) is 5.32 Å². The first-order chi connectivity index (χ1) is 9.20. The molecule has 1 aromatic rings. The Morgan fingerprint density at radius 1 is 1.45 bits per heavy atom. The minimum absolute atomic E-state index is 0.0618. The van der Waals surface area contributed by atoms with Gasteiger partial charge < -0.3 is 5.32 Å². The molecule has 0 aromatic heterocycles. The molecule has 0 aliphatic heterocycles. The van der Waals surface area contributed by atoms with Crippen LogP contribution in [0.25, 0.3) is 0 Å². The third kappa shape index (κ3) is 3.31. The molecular weight excluding hydrogens is 300 g/mol. The second-order valence-electron chi connectivity index (χ2n) is 5.26. The Labute approximate surface area is 123 Å². The van der Waals surface area contributed by atoms with Crippen LogP contribution in [0.5, 0.6) is 0 Å². The maximum Gasteiger partial charge on any atom is 0.238 e. The highest BCUT2D eigenvalue weighted by molar-refractivity contribution is 7.89. The number of primary sulfonamides is 1. The Bertz CT molecular complexity index is 631. The van der Waals surface area contributed by atoms with Crippen molar-refractivity contribution in [2.24, 2.45) is 17.0 Å². The molecule has 1 atom stereocenters. The SMILES string of the molecule is Cc1cc(S(N)(=O)=O)cc(Cl)c1NC(=O)C(C)C1CC1. The molecule has 5 nitrogen and oxygen atoms in total. The number of halogens is 1. The Morgan fingerprint density at radius 3 is 2.50 bits per heavy atom. The minimum Gasteiger partial charge on any atom is -0.324 e. The van der Waals surface area contributed by atoms with Crippen molar-refractivity contribution in [3.63, 3.8) is 0 Å². The van der Waals surface area contributed by atoms with E-state index >= 15 is 0 Å². The fraction of sp³-hybridized carbons (Fsp3) is 0.462. The van der Waals surface area contributed by atoms with E-state index in [-0.39, 0.29) is 21.7 Å². The number of nitrogens with one attached hydrogen (secondary N) is 1. The van der Waals surface area contributed by atoms with Gasteiger partial charge in [-0.05, 0) is 43.4 Å². The minimum atomic E-state index is -3.81. The molecule has 110 valence electrons. The zero-order chi connectivity index (χ0) is 15.1. The normalized spacial score (nSPS) is 16.8. The summed E-state index contributed by atoms with van der Waals surface area (Å²) >= 11 is 6.05. The Morgan fingerprint density at radius 2 is 2.05 bits per heavy atom. The smallest absolute Gasteiger partial charge is 0.238 e. The van der Waals surface area contributed by atoms with Crippen LogP contribution in [0.4, 0.5) is 5.69 Å². The van der Waals surface area contributed by atoms with Crippen molar-refractivity contribution in [3.8, 4) is 0 Å². The summed E-state index contributed by atoms with van der Waals surface area (Å²) in [4.78, 5) is 12.0. The van der Waals surface area contributed by atoms with Crippen molar-refractivity contribution in [2.45, 2.75) is 31.6 Å². The molecule has 2 rings (SSSR count). The predicted octanol–water partition coefficient (Wildman–Crippen LogP) is 2.28. The summed E-state index contributed by atoms with van der Waals surface area (Å²) in [5.74, 6) is 0.280. The summed E-state index contributed by atoms with van der Waals surface area (Å²) in [6.45, 7) is 3.56. The molecular formula is C13H17ClN2O3S. The van der Waals surface area contributed by atoms with Gasteiger partial charge in [0.05, 0.1) is 15.6 Å². The first-order valence-electron chi connectivity index (χ1n) is 6.34. The number of nitrogens with two attached hydrogens (primary N) is 1. The van der Waals surface area contributed by atoms with Gasteiger partial charge in [0.25, 0.3) is 0 Å². The lowest BCUT2D eigenvalue weighted by atomic mass is 10.1. The van der Waals surface area contributed by atoms with Crippen molar-refractivity contribution in [3.05, 3.63) is 22.7 Å². The molecule has 3 N–H and O–H groups in total. The number of sulfonamides is 1.